The van der Waals surface area contributed by atoms with Crippen molar-refractivity contribution in [3.8, 4) is 0 Å². The molecule has 0 bridgehead atoms. The minimum Gasteiger partial charge on any atom is -0.325 e. The van der Waals surface area contributed by atoms with Crippen molar-refractivity contribution < 1.29 is 4.79 Å². The number of anilines is 1. The fourth-order valence-corrected chi connectivity index (χ4v) is 5.94. The van der Waals surface area contributed by atoms with E-state index in [1.165, 1.54) is 40.4 Å². The van der Waals surface area contributed by atoms with Gasteiger partial charge in [-0.3, -0.25) is 4.79 Å². The molecule has 1 N–H and O–H groups in total. The molecule has 1 amide bonds. The zero-order chi connectivity index (χ0) is 18.9. The van der Waals surface area contributed by atoms with Crippen LogP contribution in [0.4, 0.5) is 5.69 Å². The molecule has 2 aromatic carbocycles. The van der Waals surface area contributed by atoms with E-state index in [4.69, 9.17) is 0 Å². The van der Waals surface area contributed by atoms with Gasteiger partial charge in [-0.1, -0.05) is 48.2 Å². The Balaban J connectivity index is 1.36. The molecule has 2 heterocycles. The first kappa shape index (κ1) is 17.6. The number of thiophene rings is 1. The van der Waals surface area contributed by atoms with E-state index in [1.807, 2.05) is 30.3 Å². The lowest BCUT2D eigenvalue weighted by atomic mass is 9.97. The third kappa shape index (κ3) is 3.27. The van der Waals surface area contributed by atoms with E-state index in [2.05, 4.69) is 27.4 Å². The minimum atomic E-state index is -0.0165. The largest absolute Gasteiger partial charge is 0.325 e. The highest BCUT2D eigenvalue weighted by molar-refractivity contribution is 8.00. The number of benzene rings is 2. The zero-order valence-electron chi connectivity index (χ0n) is 15.3. The summed E-state index contributed by atoms with van der Waals surface area (Å²) in [6.07, 6.45) is 6.33. The number of nitrogens with one attached hydrogen (secondary N) is 1. The molecule has 5 rings (SSSR count). The second kappa shape index (κ2) is 7.53. The molecule has 6 heteroatoms. The quantitative estimate of drug-likeness (QED) is 0.362. The van der Waals surface area contributed by atoms with Crippen molar-refractivity contribution >= 4 is 55.7 Å². The molecule has 2 aromatic heterocycles. The Morgan fingerprint density at radius 3 is 2.89 bits per heavy atom. The summed E-state index contributed by atoms with van der Waals surface area (Å²) in [5, 5.41) is 7.33. The first-order valence-electron chi connectivity index (χ1n) is 9.45. The van der Waals surface area contributed by atoms with E-state index in [-0.39, 0.29) is 5.91 Å². The maximum Gasteiger partial charge on any atom is 0.234 e. The van der Waals surface area contributed by atoms with Crippen molar-refractivity contribution in [2.24, 2.45) is 0 Å². The van der Waals surface area contributed by atoms with Crippen molar-refractivity contribution in [1.82, 2.24) is 9.97 Å². The van der Waals surface area contributed by atoms with Crippen LogP contribution < -0.4 is 5.32 Å². The first-order chi connectivity index (χ1) is 13.8. The smallest absolute Gasteiger partial charge is 0.234 e. The van der Waals surface area contributed by atoms with Gasteiger partial charge in [-0.15, -0.1) is 11.3 Å². The maximum absolute atomic E-state index is 12.6. The number of carbonyl (C=O) groups is 1. The van der Waals surface area contributed by atoms with E-state index in [0.717, 1.165) is 39.2 Å². The van der Waals surface area contributed by atoms with Crippen LogP contribution in [0.1, 0.15) is 23.3 Å². The molecule has 4 nitrogen and oxygen atoms in total. The number of hydrogen-bond acceptors (Lipinski definition) is 5. The monoisotopic (exact) mass is 405 g/mol. The Morgan fingerprint density at radius 2 is 1.93 bits per heavy atom. The number of nitrogens with zero attached hydrogens (tertiary/aromatic N) is 2. The van der Waals surface area contributed by atoms with E-state index < -0.39 is 0 Å². The third-order valence-electron chi connectivity index (χ3n) is 5.12. The summed E-state index contributed by atoms with van der Waals surface area (Å²) in [4.78, 5) is 24.1. The van der Waals surface area contributed by atoms with Crippen molar-refractivity contribution in [3.63, 3.8) is 0 Å². The summed E-state index contributed by atoms with van der Waals surface area (Å²) in [7, 11) is 0. The van der Waals surface area contributed by atoms with Gasteiger partial charge in [0, 0.05) is 21.3 Å². The number of carbonyl (C=O) groups excluding carboxylic acids is 1. The fraction of sp³-hybridized carbons (Fsp3) is 0.227. The van der Waals surface area contributed by atoms with Gasteiger partial charge in [0.25, 0.3) is 0 Å². The Hall–Kier alpha value is -2.44. The molecule has 0 atom stereocenters. The standard InChI is InChI=1S/C22H19N3OS2/c26-19(25-17-10-5-7-14-6-1-2-8-15(14)17)12-27-21-20-16-9-3-4-11-18(16)28-22(20)24-13-23-21/h1-2,5-8,10,13H,3-4,9,11-12H2,(H,25,26). The molecule has 1 aliphatic rings. The van der Waals surface area contributed by atoms with E-state index in [0.29, 0.717) is 5.75 Å². The zero-order valence-corrected chi connectivity index (χ0v) is 16.9. The van der Waals surface area contributed by atoms with Crippen molar-refractivity contribution in [3.05, 3.63) is 59.2 Å². The molecule has 0 spiro atoms. The molecular formula is C22H19N3OS2. The van der Waals surface area contributed by atoms with Gasteiger partial charge in [-0.05, 0) is 42.7 Å². The molecular weight excluding hydrogens is 386 g/mol. The molecule has 0 saturated heterocycles. The number of rotatable bonds is 4. The molecule has 1 aliphatic carbocycles. The van der Waals surface area contributed by atoms with Gasteiger partial charge in [-0.2, -0.15) is 0 Å². The normalized spacial score (nSPS) is 13.6. The van der Waals surface area contributed by atoms with Gasteiger partial charge in [0.1, 0.15) is 16.2 Å². The summed E-state index contributed by atoms with van der Waals surface area (Å²) in [6.45, 7) is 0. The Labute approximate surface area is 171 Å². The molecule has 140 valence electrons. The predicted molar refractivity (Wildman–Crippen MR) is 117 cm³/mol. The van der Waals surface area contributed by atoms with Crippen LogP contribution in [0.2, 0.25) is 0 Å². The summed E-state index contributed by atoms with van der Waals surface area (Å²) in [6, 6.07) is 14.0. The molecule has 0 fully saturated rings. The average molecular weight is 406 g/mol. The van der Waals surface area contributed by atoms with E-state index >= 15 is 0 Å². The summed E-state index contributed by atoms with van der Waals surface area (Å²) < 4.78 is 0. The Kier molecular flexibility index (Phi) is 4.74. The number of thioether (sulfide) groups is 1. The van der Waals surface area contributed by atoms with Gasteiger partial charge >= 0.3 is 0 Å². The van der Waals surface area contributed by atoms with Crippen LogP contribution in [0.15, 0.2) is 53.8 Å². The van der Waals surface area contributed by atoms with Crippen molar-refractivity contribution in [1.29, 1.82) is 0 Å². The van der Waals surface area contributed by atoms with Gasteiger partial charge in [-0.25, -0.2) is 9.97 Å². The minimum absolute atomic E-state index is 0.0165. The topological polar surface area (TPSA) is 54.9 Å². The van der Waals surface area contributed by atoms with E-state index in [9.17, 15) is 4.79 Å². The van der Waals surface area contributed by atoms with Crippen LogP contribution in [0, 0.1) is 0 Å². The predicted octanol–water partition coefficient (Wildman–Crippen LogP) is 5.45. The van der Waals surface area contributed by atoms with Crippen molar-refractivity contribution in [2.75, 3.05) is 11.1 Å². The van der Waals surface area contributed by atoms with E-state index in [1.54, 1.807) is 17.7 Å². The average Bonchev–Trinajstić information content (AvgIpc) is 3.12. The maximum atomic E-state index is 12.6. The van der Waals surface area contributed by atoms with Crippen LogP contribution in [0.5, 0.6) is 0 Å². The highest BCUT2D eigenvalue weighted by atomic mass is 32.2. The van der Waals surface area contributed by atoms with Gasteiger partial charge in [0.05, 0.1) is 5.75 Å². The lowest BCUT2D eigenvalue weighted by Gasteiger charge is -2.11. The molecule has 0 saturated carbocycles. The highest BCUT2D eigenvalue weighted by Gasteiger charge is 2.20. The number of amides is 1. The second-order valence-corrected chi connectivity index (χ2v) is 8.98. The fourth-order valence-electron chi connectivity index (χ4n) is 3.83. The number of fused-ring (bicyclic) bond motifs is 4. The molecule has 4 aromatic rings. The first-order valence-corrected chi connectivity index (χ1v) is 11.3. The van der Waals surface area contributed by atoms with Crippen LogP contribution in [0.25, 0.3) is 21.0 Å². The molecule has 0 radical (unpaired) electrons. The van der Waals surface area contributed by atoms with Gasteiger partial charge in [0.15, 0.2) is 0 Å². The molecule has 0 aliphatic heterocycles. The lowest BCUT2D eigenvalue weighted by Crippen LogP contribution is -2.14. The molecule has 28 heavy (non-hydrogen) atoms. The van der Waals surface area contributed by atoms with Gasteiger partial charge < -0.3 is 5.32 Å². The van der Waals surface area contributed by atoms with Crippen LogP contribution in [-0.4, -0.2) is 21.6 Å². The summed E-state index contributed by atoms with van der Waals surface area (Å²) in [5.74, 6) is 0.317. The summed E-state index contributed by atoms with van der Waals surface area (Å²) >= 11 is 3.29. The van der Waals surface area contributed by atoms with Crippen molar-refractivity contribution in [2.45, 2.75) is 30.7 Å². The second-order valence-electron chi connectivity index (χ2n) is 6.93. The molecule has 0 unspecified atom stereocenters. The number of aromatic nitrogens is 2. The highest BCUT2D eigenvalue weighted by Crippen LogP contribution is 2.39. The van der Waals surface area contributed by atoms with Crippen LogP contribution in [0.3, 0.4) is 0 Å². The number of aryl methyl sites for hydroxylation is 2. The Bertz CT molecular complexity index is 1180. The third-order valence-corrected chi connectivity index (χ3v) is 7.31. The van der Waals surface area contributed by atoms with Gasteiger partial charge in [0.2, 0.25) is 5.91 Å². The van der Waals surface area contributed by atoms with Crippen LogP contribution in [-0.2, 0) is 17.6 Å². The van der Waals surface area contributed by atoms with Crippen LogP contribution >= 0.6 is 23.1 Å². The summed E-state index contributed by atoms with van der Waals surface area (Å²) in [5.41, 5.74) is 2.26. The Morgan fingerprint density at radius 1 is 1.07 bits per heavy atom. The SMILES string of the molecule is O=C(CSc1ncnc2sc3c(c12)CCCC3)Nc1cccc2ccccc12. The lowest BCUT2D eigenvalue weighted by molar-refractivity contribution is -0.113. The number of hydrogen-bond donors (Lipinski definition) is 1.